The summed E-state index contributed by atoms with van der Waals surface area (Å²) < 4.78 is 50.6. The molecule has 3 saturated heterocycles. The third kappa shape index (κ3) is 6.27. The van der Waals surface area contributed by atoms with Crippen LogP contribution in [-0.4, -0.2) is 94.0 Å². The van der Waals surface area contributed by atoms with Gasteiger partial charge in [-0.1, -0.05) is 35.5 Å². The third-order valence-electron chi connectivity index (χ3n) is 7.60. The van der Waals surface area contributed by atoms with Gasteiger partial charge >= 0.3 is 13.5 Å². The van der Waals surface area contributed by atoms with Crippen LogP contribution in [0.2, 0.25) is 15.3 Å². The van der Waals surface area contributed by atoms with Crippen molar-refractivity contribution in [2.75, 3.05) is 18.9 Å². The first-order valence-corrected chi connectivity index (χ1v) is 19.8. The molecule has 47 heavy (non-hydrogen) atoms. The van der Waals surface area contributed by atoms with Gasteiger partial charge in [0.25, 0.3) is 5.56 Å². The smallest absolute Gasteiger partial charge is 0.386 e. The van der Waals surface area contributed by atoms with E-state index in [0.717, 1.165) is 0 Å². The van der Waals surface area contributed by atoms with E-state index in [1.807, 2.05) is 0 Å². The van der Waals surface area contributed by atoms with Crippen molar-refractivity contribution in [2.24, 2.45) is 0 Å². The van der Waals surface area contributed by atoms with Gasteiger partial charge in [0.05, 0.1) is 40.6 Å². The van der Waals surface area contributed by atoms with Crippen LogP contribution in [0.1, 0.15) is 12.5 Å². The Balaban J connectivity index is 1.22. The maximum absolute atomic E-state index is 13.6. The summed E-state index contributed by atoms with van der Waals surface area (Å²) in [6.07, 6.45) is -10.1. The number of anilines is 1. The molecule has 3 fully saturated rings. The van der Waals surface area contributed by atoms with Gasteiger partial charge < -0.3 is 34.8 Å². The fraction of sp³-hybridized carbons (Fsp3) is 0.455. The van der Waals surface area contributed by atoms with E-state index in [9.17, 15) is 24.5 Å². The van der Waals surface area contributed by atoms with Crippen molar-refractivity contribution in [3.63, 3.8) is 0 Å². The Morgan fingerprint density at radius 1 is 1.02 bits per heavy atom. The van der Waals surface area contributed by atoms with Crippen molar-refractivity contribution < 1.29 is 47.2 Å². The van der Waals surface area contributed by atoms with Crippen LogP contribution in [0.25, 0.3) is 22.2 Å². The van der Waals surface area contributed by atoms with Gasteiger partial charge in [0.15, 0.2) is 23.6 Å². The van der Waals surface area contributed by atoms with E-state index in [-0.39, 0.29) is 32.4 Å². The molecule has 6 N–H and O–H groups in total. The minimum absolute atomic E-state index is 0.0401. The van der Waals surface area contributed by atoms with Gasteiger partial charge in [0, 0.05) is 0 Å². The number of imidazole rings is 2. The maximum atomic E-state index is 13.6. The second-order valence-corrected chi connectivity index (χ2v) is 17.4. The lowest BCUT2D eigenvalue weighted by molar-refractivity contribution is -0.0587. The number of aliphatic hydroxyl groups excluding tert-OH is 2. The number of aromatic nitrogens is 6. The Labute approximate surface area is 287 Å². The number of hydrogen-bond donors (Lipinski definition) is 6. The molecule has 0 aliphatic carbocycles. The van der Waals surface area contributed by atoms with Gasteiger partial charge in [0.2, 0.25) is 11.2 Å². The molecule has 4 aromatic rings. The second-order valence-electron chi connectivity index (χ2n) is 10.6. The lowest BCUT2D eigenvalue weighted by atomic mass is 10.1. The lowest BCUT2D eigenvalue weighted by Crippen LogP contribution is -2.36. The molecule has 10 atom stereocenters. The number of nitrogens with zero attached hydrogens (tertiary/aromatic N) is 5. The number of nitrogens with one attached hydrogen (secondary N) is 1. The molecule has 0 radical (unpaired) electrons. The number of hydrogen-bond acceptors (Lipinski definition) is 15. The van der Waals surface area contributed by atoms with Crippen molar-refractivity contribution >= 4 is 101 Å². The van der Waals surface area contributed by atoms with E-state index >= 15 is 0 Å². The fourth-order valence-electron chi connectivity index (χ4n) is 5.53. The minimum Gasteiger partial charge on any atom is -0.387 e. The van der Waals surface area contributed by atoms with Gasteiger partial charge in [0.1, 0.15) is 36.6 Å². The number of thiol groups is 1. The standard InChI is InChI=1S/C22H22Cl3N7O11P2S2/c23-6-1-8-9(2-7(6)24)32(21(25)28-8)19-14(34)15-11(41-19)4-39-45(37,47)43-16-13(33)10(3-38-44(36,46)42-15)40-20(16)31-5-27-12-17(31)29-22(26)30-18(12)35/h1-2,5,10-11,13-16,19-20,33-34H,3-4H2,(H,36,46)(H,37,47)(H3,26,29,30,35)/t10-,11-,13?,14?,15+,16+,19-,20-,44?,45?/m1/s1. The summed E-state index contributed by atoms with van der Waals surface area (Å²) in [5, 5.41) is 22.8. The number of rotatable bonds is 2. The minimum atomic E-state index is -4.40. The van der Waals surface area contributed by atoms with Crippen LogP contribution in [0.3, 0.4) is 0 Å². The zero-order chi connectivity index (χ0) is 33.6. The van der Waals surface area contributed by atoms with Crippen LogP contribution < -0.4 is 11.3 Å². The Bertz CT molecular complexity index is 2050. The molecule has 3 aliphatic heterocycles. The van der Waals surface area contributed by atoms with E-state index in [1.165, 1.54) is 27.6 Å². The first-order valence-electron chi connectivity index (χ1n) is 13.4. The molecule has 1 aromatic carbocycles. The molecule has 18 nitrogen and oxygen atoms in total. The largest absolute Gasteiger partial charge is 0.387 e. The highest BCUT2D eigenvalue weighted by atomic mass is 35.5. The summed E-state index contributed by atoms with van der Waals surface area (Å²) in [7, 11) is 0. The van der Waals surface area contributed by atoms with Crippen molar-refractivity contribution in [3.8, 4) is 0 Å². The summed E-state index contributed by atoms with van der Waals surface area (Å²) in [5.74, 6) is -0.230. The maximum Gasteiger partial charge on any atom is 0.386 e. The number of ether oxygens (including phenoxy) is 2. The molecular formula is C22H22Cl3N7O11P2S2. The predicted molar refractivity (Wildman–Crippen MR) is 172 cm³/mol. The summed E-state index contributed by atoms with van der Waals surface area (Å²) in [6, 6.07) is 2.94. The molecule has 7 rings (SSSR count). The van der Waals surface area contributed by atoms with Crippen LogP contribution in [0.15, 0.2) is 23.3 Å². The Morgan fingerprint density at radius 3 is 2.49 bits per heavy atom. The van der Waals surface area contributed by atoms with E-state index in [0.29, 0.717) is 11.0 Å². The average Bonchev–Trinajstić information content (AvgIpc) is 3.70. The first-order chi connectivity index (χ1) is 22.1. The molecule has 0 saturated carbocycles. The second kappa shape index (κ2) is 12.4. The van der Waals surface area contributed by atoms with E-state index in [4.69, 9.17) is 79.9 Å². The zero-order valence-corrected chi connectivity index (χ0v) is 28.8. The summed E-state index contributed by atoms with van der Waals surface area (Å²) in [4.78, 5) is 38.1. The number of aromatic amines is 1. The highest BCUT2D eigenvalue weighted by Gasteiger charge is 2.53. The van der Waals surface area contributed by atoms with Gasteiger partial charge in [-0.2, -0.15) is 4.98 Å². The summed E-state index contributed by atoms with van der Waals surface area (Å²) in [6.45, 7) is -9.81. The summed E-state index contributed by atoms with van der Waals surface area (Å²) >= 11 is 28.1. The van der Waals surface area contributed by atoms with Crippen molar-refractivity contribution in [2.45, 2.75) is 49.1 Å². The van der Waals surface area contributed by atoms with Crippen molar-refractivity contribution in [1.82, 2.24) is 29.1 Å². The number of H-pyrrole nitrogens is 1. The number of halogens is 3. The van der Waals surface area contributed by atoms with E-state index in [2.05, 4.69) is 32.2 Å². The van der Waals surface area contributed by atoms with Gasteiger partial charge in [-0.25, -0.2) is 14.5 Å². The van der Waals surface area contributed by atoms with Crippen LogP contribution in [0.5, 0.6) is 0 Å². The Morgan fingerprint density at radius 2 is 1.72 bits per heavy atom. The topological polar surface area (TPSA) is 241 Å². The molecule has 4 unspecified atom stereocenters. The predicted octanol–water partition coefficient (Wildman–Crippen LogP) is 2.30. The van der Waals surface area contributed by atoms with E-state index in [1.54, 1.807) is 0 Å². The monoisotopic (exact) mass is 791 g/mol. The Hall–Kier alpha value is -1.42. The average molecular weight is 793 g/mol. The quantitative estimate of drug-likeness (QED) is 0.126. The lowest BCUT2D eigenvalue weighted by Gasteiger charge is -2.27. The van der Waals surface area contributed by atoms with Crippen LogP contribution in [-0.2, 0) is 43.9 Å². The molecule has 3 aliphatic rings. The first kappa shape index (κ1) is 34.0. The fourth-order valence-corrected chi connectivity index (χ4v) is 9.03. The molecular weight excluding hydrogens is 771 g/mol. The van der Waals surface area contributed by atoms with Crippen molar-refractivity contribution in [1.29, 1.82) is 0 Å². The molecule has 0 amide bonds. The highest BCUT2D eigenvalue weighted by Crippen LogP contribution is 2.58. The summed E-state index contributed by atoms with van der Waals surface area (Å²) in [5.41, 5.74) is 5.59. The third-order valence-corrected chi connectivity index (χ3v) is 11.8. The Kier molecular flexibility index (Phi) is 8.99. The van der Waals surface area contributed by atoms with Crippen LogP contribution >= 0.6 is 60.6 Å². The highest BCUT2D eigenvalue weighted by molar-refractivity contribution is 8.44. The number of aliphatic hydroxyl groups is 2. The van der Waals surface area contributed by atoms with Crippen LogP contribution in [0.4, 0.5) is 5.95 Å². The molecule has 0 spiro atoms. The van der Waals surface area contributed by atoms with Crippen molar-refractivity contribution in [3.05, 3.63) is 44.1 Å². The van der Waals surface area contributed by atoms with Crippen LogP contribution in [0, 0.1) is 0 Å². The molecule has 2 bridgehead atoms. The number of fused-ring (bicyclic) bond motifs is 5. The molecule has 254 valence electrons. The van der Waals surface area contributed by atoms with Gasteiger partial charge in [-0.3, -0.25) is 32.5 Å². The normalized spacial score (nSPS) is 36.7. The zero-order valence-electron chi connectivity index (χ0n) is 23.1. The molecule has 6 heterocycles. The molecule has 3 aromatic heterocycles. The van der Waals surface area contributed by atoms with E-state index < -0.39 is 81.4 Å². The van der Waals surface area contributed by atoms with Gasteiger partial charge in [-0.15, -0.1) is 0 Å². The number of nitrogen functional groups attached to an aromatic ring is 1. The van der Waals surface area contributed by atoms with Gasteiger partial charge in [-0.05, 0) is 35.5 Å². The molecule has 25 heteroatoms. The number of nitrogens with two attached hydrogens (primary N) is 1. The number of benzene rings is 1. The SMILES string of the molecule is Nc1nc2c(ncn2[C@@H]2O[C@@H]3COP(O)(=S)O[C@@H]4C(O)[C@H](n5c(Cl)nc6cc(Cl)c(Cl)cc65)O[C@@H]4COP(=O)(S)O[C@H]2C3O)c(=O)[nH]1.